The lowest BCUT2D eigenvalue weighted by Crippen LogP contribution is -3.18. The fourth-order valence-electron chi connectivity index (χ4n) is 3.12. The van der Waals surface area contributed by atoms with Gasteiger partial charge in [-0.2, -0.15) is 13.2 Å². The van der Waals surface area contributed by atoms with Crippen LogP contribution in [-0.2, 0) is 6.18 Å². The zero-order chi connectivity index (χ0) is 20.2. The quantitative estimate of drug-likeness (QED) is 0.770. The predicted octanol–water partition coefficient (Wildman–Crippen LogP) is 3.40. The third-order valence-electron chi connectivity index (χ3n) is 4.49. The van der Waals surface area contributed by atoms with Gasteiger partial charge in [-0.25, -0.2) is 0 Å². The molecule has 1 amide bonds. The van der Waals surface area contributed by atoms with Gasteiger partial charge in [-0.05, 0) is 52.0 Å². The number of furan rings is 1. The van der Waals surface area contributed by atoms with Crippen LogP contribution in [0.15, 0.2) is 40.8 Å². The summed E-state index contributed by atoms with van der Waals surface area (Å²) < 4.78 is 44.0. The largest absolute Gasteiger partial charge is 0.451 e. The molecule has 0 saturated carbocycles. The van der Waals surface area contributed by atoms with E-state index in [0.29, 0.717) is 18.6 Å². The van der Waals surface area contributed by atoms with Gasteiger partial charge >= 0.3 is 6.18 Å². The number of carbonyl (C=O) groups is 1. The first-order chi connectivity index (χ1) is 12.6. The van der Waals surface area contributed by atoms with E-state index in [-0.39, 0.29) is 23.0 Å². The molecule has 4 nitrogen and oxygen atoms in total. The van der Waals surface area contributed by atoms with Crippen molar-refractivity contribution in [1.29, 1.82) is 0 Å². The number of amides is 1. The second-order valence-electron chi connectivity index (χ2n) is 7.13. The van der Waals surface area contributed by atoms with Crippen LogP contribution >= 0.6 is 0 Å². The summed E-state index contributed by atoms with van der Waals surface area (Å²) in [5.41, 5.74) is -0.480. The number of nitrogens with one attached hydrogen (secondary N) is 2. The Morgan fingerprint density at radius 2 is 1.78 bits per heavy atom. The number of quaternary nitrogens is 1. The molecular weight excluding hydrogens is 357 g/mol. The van der Waals surface area contributed by atoms with Crippen molar-refractivity contribution >= 4 is 5.91 Å². The summed E-state index contributed by atoms with van der Waals surface area (Å²) in [4.78, 5) is 13.6. The first-order valence-electron chi connectivity index (χ1n) is 9.01. The van der Waals surface area contributed by atoms with E-state index in [1.54, 1.807) is 0 Å². The first kappa shape index (κ1) is 21.0. The summed E-state index contributed by atoms with van der Waals surface area (Å²) in [6, 6.07) is 8.70. The van der Waals surface area contributed by atoms with Gasteiger partial charge in [-0.15, -0.1) is 0 Å². The van der Waals surface area contributed by atoms with Crippen LogP contribution in [0, 0.1) is 0 Å². The van der Waals surface area contributed by atoms with E-state index < -0.39 is 11.7 Å². The van der Waals surface area contributed by atoms with Gasteiger partial charge in [0.1, 0.15) is 5.76 Å². The number of hydrogen-bond donors (Lipinski definition) is 2. The van der Waals surface area contributed by atoms with Crippen LogP contribution < -0.4 is 10.2 Å². The number of carbonyl (C=O) groups excluding carboxylic acids is 1. The summed E-state index contributed by atoms with van der Waals surface area (Å²) in [7, 11) is 0. The van der Waals surface area contributed by atoms with Gasteiger partial charge in [0.15, 0.2) is 5.76 Å². The van der Waals surface area contributed by atoms with Gasteiger partial charge in [-0.3, -0.25) is 4.79 Å². The van der Waals surface area contributed by atoms with Crippen molar-refractivity contribution in [2.75, 3.05) is 13.1 Å². The second-order valence-corrected chi connectivity index (χ2v) is 7.13. The van der Waals surface area contributed by atoms with Gasteiger partial charge < -0.3 is 14.6 Å². The molecule has 2 aromatic rings. The lowest BCUT2D eigenvalue weighted by Gasteiger charge is -2.27. The standard InChI is InChI=1S/C20H25F3N2O2/c1-13(2)25(14(3)4)11-10-24-19(26)18-9-8-17(27-18)15-6-5-7-16(12-15)20(21,22)23/h5-9,12-14H,10-11H2,1-4H3,(H,24,26)/p+1. The SMILES string of the molecule is CC(C)[NH+](CCNC(=O)c1ccc(-c2cccc(C(F)(F)F)c2)o1)C(C)C. The van der Waals surface area contributed by atoms with E-state index in [2.05, 4.69) is 33.0 Å². The second kappa shape index (κ2) is 8.61. The fraction of sp³-hybridized carbons (Fsp3) is 0.450. The van der Waals surface area contributed by atoms with Gasteiger partial charge in [0.05, 0.1) is 30.7 Å². The Hall–Kier alpha value is -2.28. The maximum atomic E-state index is 12.8. The Morgan fingerprint density at radius 1 is 1.11 bits per heavy atom. The van der Waals surface area contributed by atoms with Crippen LogP contribution in [0.5, 0.6) is 0 Å². The molecule has 1 aromatic heterocycles. The molecule has 0 radical (unpaired) electrons. The van der Waals surface area contributed by atoms with E-state index >= 15 is 0 Å². The molecule has 0 bridgehead atoms. The predicted molar refractivity (Wildman–Crippen MR) is 97.6 cm³/mol. The molecule has 27 heavy (non-hydrogen) atoms. The Balaban J connectivity index is 2.02. The third-order valence-corrected chi connectivity index (χ3v) is 4.49. The van der Waals surface area contributed by atoms with E-state index in [1.807, 2.05) is 0 Å². The third kappa shape index (κ3) is 5.60. The van der Waals surface area contributed by atoms with Crippen LogP contribution in [0.4, 0.5) is 13.2 Å². The first-order valence-corrected chi connectivity index (χ1v) is 9.01. The van der Waals surface area contributed by atoms with Crippen molar-refractivity contribution < 1.29 is 27.3 Å². The number of alkyl halides is 3. The molecule has 0 saturated heterocycles. The minimum atomic E-state index is -4.43. The topological polar surface area (TPSA) is 46.7 Å². The average molecular weight is 383 g/mol. The summed E-state index contributed by atoms with van der Waals surface area (Å²) in [6.45, 7) is 9.79. The van der Waals surface area contributed by atoms with Crippen molar-refractivity contribution in [2.45, 2.75) is 46.0 Å². The molecule has 0 atom stereocenters. The smallest absolute Gasteiger partial charge is 0.416 e. The lowest BCUT2D eigenvalue weighted by atomic mass is 10.1. The van der Waals surface area contributed by atoms with Crippen molar-refractivity contribution in [3.05, 3.63) is 47.7 Å². The highest BCUT2D eigenvalue weighted by Crippen LogP contribution is 2.32. The molecule has 2 rings (SSSR count). The molecule has 0 aliphatic carbocycles. The normalized spacial score (nSPS) is 12.2. The highest BCUT2D eigenvalue weighted by atomic mass is 19.4. The maximum Gasteiger partial charge on any atom is 0.416 e. The van der Waals surface area contributed by atoms with Gasteiger partial charge in [0.2, 0.25) is 0 Å². The minimum absolute atomic E-state index is 0.0815. The van der Waals surface area contributed by atoms with Gasteiger partial charge in [-0.1, -0.05) is 12.1 Å². The van der Waals surface area contributed by atoms with Crippen molar-refractivity contribution in [2.24, 2.45) is 0 Å². The molecule has 0 fully saturated rings. The van der Waals surface area contributed by atoms with Crippen LogP contribution in [0.1, 0.15) is 43.8 Å². The molecule has 0 unspecified atom stereocenters. The number of benzene rings is 1. The number of rotatable bonds is 7. The van der Waals surface area contributed by atoms with Crippen molar-refractivity contribution in [1.82, 2.24) is 5.32 Å². The van der Waals surface area contributed by atoms with Gasteiger partial charge in [0.25, 0.3) is 5.91 Å². The Bertz CT molecular complexity index is 759. The van der Waals surface area contributed by atoms with Crippen molar-refractivity contribution in [3.8, 4) is 11.3 Å². The molecule has 0 spiro atoms. The zero-order valence-electron chi connectivity index (χ0n) is 16.0. The molecule has 1 aromatic carbocycles. The van der Waals surface area contributed by atoms with Crippen molar-refractivity contribution in [3.63, 3.8) is 0 Å². The van der Waals surface area contributed by atoms with Crippen LogP contribution in [0.25, 0.3) is 11.3 Å². The van der Waals surface area contributed by atoms with Crippen LogP contribution in [-0.4, -0.2) is 31.1 Å². The highest BCUT2D eigenvalue weighted by molar-refractivity contribution is 5.92. The van der Waals surface area contributed by atoms with Gasteiger partial charge in [0, 0.05) is 5.56 Å². The van der Waals surface area contributed by atoms with Crippen LogP contribution in [0.2, 0.25) is 0 Å². The Morgan fingerprint density at radius 3 is 2.37 bits per heavy atom. The minimum Gasteiger partial charge on any atom is -0.451 e. The van der Waals surface area contributed by atoms with Crippen LogP contribution in [0.3, 0.4) is 0 Å². The molecule has 0 aliphatic rings. The fourth-order valence-corrected chi connectivity index (χ4v) is 3.12. The monoisotopic (exact) mass is 383 g/mol. The lowest BCUT2D eigenvalue weighted by molar-refractivity contribution is -0.941. The Labute approximate surface area is 157 Å². The van der Waals surface area contributed by atoms with E-state index in [1.165, 1.54) is 29.2 Å². The van der Waals surface area contributed by atoms with E-state index in [4.69, 9.17) is 4.42 Å². The molecule has 1 heterocycles. The molecule has 0 aliphatic heterocycles. The van der Waals surface area contributed by atoms with E-state index in [9.17, 15) is 18.0 Å². The number of halogens is 3. The maximum absolute atomic E-state index is 12.8. The summed E-state index contributed by atoms with van der Waals surface area (Å²) >= 11 is 0. The molecular formula is C20H26F3N2O2+. The molecule has 7 heteroatoms. The molecule has 2 N–H and O–H groups in total. The summed E-state index contributed by atoms with van der Waals surface area (Å²) in [5.74, 6) is -0.0685. The highest BCUT2D eigenvalue weighted by Gasteiger charge is 2.30. The van der Waals surface area contributed by atoms with E-state index in [0.717, 1.165) is 18.7 Å². The summed E-state index contributed by atoms with van der Waals surface area (Å²) in [5, 5.41) is 2.81. The average Bonchev–Trinajstić information content (AvgIpc) is 3.07. The Kier molecular flexibility index (Phi) is 6.70. The summed E-state index contributed by atoms with van der Waals surface area (Å²) in [6.07, 6.45) is -4.43. The number of hydrogen-bond acceptors (Lipinski definition) is 2. The zero-order valence-corrected chi connectivity index (χ0v) is 16.0. The molecule has 148 valence electrons.